The van der Waals surface area contributed by atoms with E-state index in [9.17, 15) is 19.7 Å². The Morgan fingerprint density at radius 1 is 1.30 bits per heavy atom. The molecular formula is C19H17N3O5. The van der Waals surface area contributed by atoms with E-state index in [-0.39, 0.29) is 29.8 Å². The van der Waals surface area contributed by atoms with Gasteiger partial charge in [0.1, 0.15) is 12.6 Å². The molecule has 2 aliphatic heterocycles. The Hall–Kier alpha value is -3.42. The molecule has 8 nitrogen and oxygen atoms in total. The minimum atomic E-state index is -0.603. The van der Waals surface area contributed by atoms with Crippen LogP contribution in [0.15, 0.2) is 42.5 Å². The molecule has 0 aromatic heterocycles. The number of para-hydroxylation sites is 1. The lowest BCUT2D eigenvalue weighted by molar-refractivity contribution is -0.385. The van der Waals surface area contributed by atoms with E-state index >= 15 is 0 Å². The Balaban J connectivity index is 1.51. The van der Waals surface area contributed by atoms with Gasteiger partial charge in [-0.05, 0) is 37.1 Å². The maximum absolute atomic E-state index is 12.4. The van der Waals surface area contributed by atoms with Crippen LogP contribution in [0.4, 0.5) is 17.1 Å². The predicted octanol–water partition coefficient (Wildman–Crippen LogP) is 2.87. The molecule has 1 amide bonds. The summed E-state index contributed by atoms with van der Waals surface area (Å²) in [5, 5.41) is 13.9. The summed E-state index contributed by atoms with van der Waals surface area (Å²) in [5.41, 5.74) is 1.99. The molecule has 0 spiro atoms. The third-order valence-corrected chi connectivity index (χ3v) is 4.90. The number of hydrogen-bond acceptors (Lipinski definition) is 6. The van der Waals surface area contributed by atoms with Gasteiger partial charge in [0.05, 0.1) is 27.4 Å². The Labute approximate surface area is 154 Å². The molecule has 0 saturated carbocycles. The van der Waals surface area contributed by atoms with Gasteiger partial charge in [0.25, 0.3) is 5.69 Å². The molecule has 2 aromatic rings. The average molecular weight is 367 g/mol. The van der Waals surface area contributed by atoms with Crippen molar-refractivity contribution in [3.05, 3.63) is 63.7 Å². The standard InChI is InChI=1S/C19H17N3O5/c23-18-17-6-3-9-21(17)16-8-7-12(10-14(16)20-18)19(24)27-11-13-4-1-2-5-15(13)22(25)26/h1-2,4-5,7-8,10,17H,3,6,9,11H2,(H,20,23)/t17-/m1/s1. The molecular weight excluding hydrogens is 350 g/mol. The summed E-state index contributed by atoms with van der Waals surface area (Å²) >= 11 is 0. The number of benzene rings is 2. The first-order chi connectivity index (χ1) is 13.0. The molecule has 138 valence electrons. The maximum atomic E-state index is 12.4. The van der Waals surface area contributed by atoms with Crippen molar-refractivity contribution in [3.8, 4) is 0 Å². The van der Waals surface area contributed by atoms with Gasteiger partial charge in [-0.3, -0.25) is 14.9 Å². The number of nitro benzene ring substituents is 1. The van der Waals surface area contributed by atoms with E-state index in [0.29, 0.717) is 11.3 Å². The molecule has 0 bridgehead atoms. The monoisotopic (exact) mass is 367 g/mol. The summed E-state index contributed by atoms with van der Waals surface area (Å²) in [5.74, 6) is -0.667. The molecule has 1 N–H and O–H groups in total. The third-order valence-electron chi connectivity index (χ3n) is 4.90. The second-order valence-electron chi connectivity index (χ2n) is 6.53. The molecule has 1 fully saturated rings. The Kier molecular flexibility index (Phi) is 4.23. The third kappa shape index (κ3) is 3.10. The van der Waals surface area contributed by atoms with E-state index in [0.717, 1.165) is 25.1 Å². The summed E-state index contributed by atoms with van der Waals surface area (Å²) in [6.07, 6.45) is 1.78. The zero-order chi connectivity index (χ0) is 19.0. The second kappa shape index (κ2) is 6.71. The van der Waals surface area contributed by atoms with Crippen molar-refractivity contribution in [3.63, 3.8) is 0 Å². The van der Waals surface area contributed by atoms with Gasteiger partial charge in [-0.25, -0.2) is 4.79 Å². The number of carbonyl (C=O) groups is 2. The van der Waals surface area contributed by atoms with Crippen LogP contribution in [0.25, 0.3) is 0 Å². The van der Waals surface area contributed by atoms with Crippen LogP contribution in [-0.2, 0) is 16.1 Å². The molecule has 0 unspecified atom stereocenters. The number of nitrogens with one attached hydrogen (secondary N) is 1. The van der Waals surface area contributed by atoms with Gasteiger partial charge >= 0.3 is 5.97 Å². The van der Waals surface area contributed by atoms with E-state index in [4.69, 9.17) is 4.74 Å². The van der Waals surface area contributed by atoms with Crippen molar-refractivity contribution in [2.24, 2.45) is 0 Å². The highest BCUT2D eigenvalue weighted by Gasteiger charge is 2.36. The van der Waals surface area contributed by atoms with Gasteiger partial charge in [-0.2, -0.15) is 0 Å². The zero-order valence-electron chi connectivity index (χ0n) is 14.4. The number of nitrogens with zero attached hydrogens (tertiary/aromatic N) is 2. The highest BCUT2D eigenvalue weighted by molar-refractivity contribution is 6.05. The quantitative estimate of drug-likeness (QED) is 0.506. The summed E-state index contributed by atoms with van der Waals surface area (Å²) in [7, 11) is 0. The van der Waals surface area contributed by atoms with Gasteiger partial charge in [0.2, 0.25) is 5.91 Å². The smallest absolute Gasteiger partial charge is 0.338 e. The highest BCUT2D eigenvalue weighted by atomic mass is 16.6. The number of ether oxygens (including phenoxy) is 1. The number of anilines is 2. The first-order valence-electron chi connectivity index (χ1n) is 8.65. The van der Waals surface area contributed by atoms with Crippen LogP contribution in [0.1, 0.15) is 28.8 Å². The van der Waals surface area contributed by atoms with Crippen LogP contribution >= 0.6 is 0 Å². The van der Waals surface area contributed by atoms with Crippen molar-refractivity contribution < 1.29 is 19.2 Å². The highest BCUT2D eigenvalue weighted by Crippen LogP contribution is 2.37. The van der Waals surface area contributed by atoms with E-state index in [1.54, 1.807) is 36.4 Å². The molecule has 0 aliphatic carbocycles. The van der Waals surface area contributed by atoms with Crippen LogP contribution in [0.5, 0.6) is 0 Å². The predicted molar refractivity (Wildman–Crippen MR) is 97.7 cm³/mol. The molecule has 0 radical (unpaired) electrons. The first-order valence-corrected chi connectivity index (χ1v) is 8.65. The van der Waals surface area contributed by atoms with Crippen LogP contribution in [0, 0.1) is 10.1 Å². The normalized spacial score (nSPS) is 17.7. The number of hydrogen-bond donors (Lipinski definition) is 1. The minimum Gasteiger partial charge on any atom is -0.457 e. The number of nitro groups is 1. The number of carbonyl (C=O) groups excluding carboxylic acids is 2. The van der Waals surface area contributed by atoms with E-state index in [1.165, 1.54) is 6.07 Å². The molecule has 1 atom stereocenters. The maximum Gasteiger partial charge on any atom is 0.338 e. The Morgan fingerprint density at radius 2 is 2.11 bits per heavy atom. The van der Waals surface area contributed by atoms with Crippen molar-refractivity contribution >= 4 is 28.9 Å². The summed E-state index contributed by atoms with van der Waals surface area (Å²) in [6.45, 7) is 0.611. The fraction of sp³-hybridized carbons (Fsp3) is 0.263. The van der Waals surface area contributed by atoms with Gasteiger partial charge in [0.15, 0.2) is 0 Å². The largest absolute Gasteiger partial charge is 0.457 e. The van der Waals surface area contributed by atoms with Gasteiger partial charge in [-0.1, -0.05) is 12.1 Å². The number of esters is 1. The fourth-order valence-electron chi connectivity index (χ4n) is 3.59. The van der Waals surface area contributed by atoms with Gasteiger partial charge < -0.3 is 15.0 Å². The molecule has 2 aromatic carbocycles. The second-order valence-corrected chi connectivity index (χ2v) is 6.53. The van der Waals surface area contributed by atoms with Crippen LogP contribution in [0.3, 0.4) is 0 Å². The fourth-order valence-corrected chi connectivity index (χ4v) is 3.59. The van der Waals surface area contributed by atoms with Gasteiger partial charge in [0, 0.05) is 12.6 Å². The number of fused-ring (bicyclic) bond motifs is 3. The lowest BCUT2D eigenvalue weighted by Gasteiger charge is -2.33. The Morgan fingerprint density at radius 3 is 2.93 bits per heavy atom. The van der Waals surface area contributed by atoms with Crippen molar-refractivity contribution in [2.75, 3.05) is 16.8 Å². The zero-order valence-corrected chi connectivity index (χ0v) is 14.4. The molecule has 2 aliphatic rings. The van der Waals surface area contributed by atoms with E-state index in [2.05, 4.69) is 10.2 Å². The topological polar surface area (TPSA) is 102 Å². The lowest BCUT2D eigenvalue weighted by atomic mass is 10.1. The summed E-state index contributed by atoms with van der Waals surface area (Å²) < 4.78 is 5.24. The SMILES string of the molecule is O=C(OCc1ccccc1[N+](=O)[O-])c1ccc2c(c1)NC(=O)[C@H]1CCCN21. The van der Waals surface area contributed by atoms with E-state index < -0.39 is 10.9 Å². The number of rotatable bonds is 4. The minimum absolute atomic E-state index is 0.0644. The van der Waals surface area contributed by atoms with Crippen LogP contribution in [0.2, 0.25) is 0 Å². The van der Waals surface area contributed by atoms with Gasteiger partial charge in [-0.15, -0.1) is 0 Å². The molecule has 4 rings (SSSR count). The average Bonchev–Trinajstić information content (AvgIpc) is 3.16. The van der Waals surface area contributed by atoms with E-state index in [1.807, 2.05) is 0 Å². The first kappa shape index (κ1) is 17.0. The molecule has 2 heterocycles. The molecule has 1 saturated heterocycles. The summed E-state index contributed by atoms with van der Waals surface area (Å²) in [6, 6.07) is 11.0. The van der Waals surface area contributed by atoms with Crippen molar-refractivity contribution in [2.45, 2.75) is 25.5 Å². The lowest BCUT2D eigenvalue weighted by Crippen LogP contribution is -2.43. The molecule has 27 heavy (non-hydrogen) atoms. The Bertz CT molecular complexity index is 943. The molecule has 8 heteroatoms. The van der Waals surface area contributed by atoms with Crippen LogP contribution < -0.4 is 10.2 Å². The summed E-state index contributed by atoms with van der Waals surface area (Å²) in [4.78, 5) is 37.2. The van der Waals surface area contributed by atoms with Crippen LogP contribution in [-0.4, -0.2) is 29.4 Å². The van der Waals surface area contributed by atoms with Crippen molar-refractivity contribution in [1.82, 2.24) is 0 Å². The van der Waals surface area contributed by atoms with Crippen molar-refractivity contribution in [1.29, 1.82) is 0 Å². The number of amides is 1.